The first kappa shape index (κ1) is 18.5. The summed E-state index contributed by atoms with van der Waals surface area (Å²) in [4.78, 5) is 8.20. The summed E-state index contributed by atoms with van der Waals surface area (Å²) in [7, 11) is 0. The number of nitrogens with one attached hydrogen (secondary N) is 1. The van der Waals surface area contributed by atoms with Crippen molar-refractivity contribution in [2.24, 2.45) is 10.7 Å². The Labute approximate surface area is 152 Å². The number of nitrogens with two attached hydrogens (primary N) is 1. The van der Waals surface area contributed by atoms with E-state index in [1.165, 1.54) is 0 Å². The van der Waals surface area contributed by atoms with Crippen molar-refractivity contribution in [2.45, 2.75) is 6.92 Å². The van der Waals surface area contributed by atoms with E-state index in [2.05, 4.69) is 15.3 Å². The Morgan fingerprint density at radius 1 is 1.36 bits per heavy atom. The molecule has 0 fully saturated rings. The molecule has 0 radical (unpaired) electrons. The Morgan fingerprint density at radius 2 is 2.18 bits per heavy atom. The molecule has 1 aromatic carbocycles. The molecule has 0 saturated carbocycles. The summed E-state index contributed by atoms with van der Waals surface area (Å²) >= 11 is 5.93. The number of aromatic nitrogens is 1. The average molecular weight is 433 g/mol. The molecule has 0 aliphatic heterocycles. The highest BCUT2D eigenvalue weighted by Gasteiger charge is 2.00. The summed E-state index contributed by atoms with van der Waals surface area (Å²) in [6, 6.07) is 11.4. The normalized spacial score (nSPS) is 10.7. The molecule has 0 atom stereocenters. The zero-order valence-corrected chi connectivity index (χ0v) is 15.2. The number of hydrogen-bond donors (Lipinski definition) is 2. The molecule has 0 unspecified atom stereocenters. The fraction of sp³-hybridized carbons (Fsp3) is 0.200. The van der Waals surface area contributed by atoms with E-state index in [9.17, 15) is 0 Å². The molecule has 2 rings (SSSR count). The van der Waals surface area contributed by atoms with Crippen LogP contribution in [0.5, 0.6) is 5.88 Å². The Balaban J connectivity index is 0.00000242. The topological polar surface area (TPSA) is 72.5 Å². The van der Waals surface area contributed by atoms with Gasteiger partial charge in [-0.3, -0.25) is 0 Å². The number of nitrogens with zero attached hydrogens (tertiary/aromatic N) is 2. The van der Waals surface area contributed by atoms with Gasteiger partial charge in [-0.05, 0) is 36.8 Å². The van der Waals surface area contributed by atoms with E-state index in [0.717, 1.165) is 11.3 Å². The quantitative estimate of drug-likeness (QED) is 0.328. The van der Waals surface area contributed by atoms with Gasteiger partial charge in [0.05, 0.1) is 6.54 Å². The summed E-state index contributed by atoms with van der Waals surface area (Å²) in [6.45, 7) is 2.79. The first-order valence-corrected chi connectivity index (χ1v) is 6.90. The third kappa shape index (κ3) is 6.07. The van der Waals surface area contributed by atoms with E-state index < -0.39 is 0 Å². The second kappa shape index (κ2) is 9.47. The van der Waals surface area contributed by atoms with Crippen molar-refractivity contribution in [3.8, 4) is 5.88 Å². The molecular weight excluding hydrogens is 415 g/mol. The molecule has 1 heterocycles. The molecule has 0 bridgehead atoms. The van der Waals surface area contributed by atoms with Crippen LogP contribution < -0.4 is 15.8 Å². The number of rotatable bonds is 5. The molecule has 7 heteroatoms. The van der Waals surface area contributed by atoms with Gasteiger partial charge in [0.2, 0.25) is 5.88 Å². The van der Waals surface area contributed by atoms with E-state index in [-0.39, 0.29) is 24.0 Å². The Morgan fingerprint density at radius 3 is 2.91 bits per heavy atom. The van der Waals surface area contributed by atoms with Gasteiger partial charge in [-0.1, -0.05) is 23.7 Å². The van der Waals surface area contributed by atoms with E-state index in [1.54, 1.807) is 18.3 Å². The number of aliphatic imine (C=N–C) groups is 1. The summed E-state index contributed by atoms with van der Waals surface area (Å²) < 4.78 is 5.42. The Hall–Kier alpha value is -1.54. The molecule has 0 amide bonds. The van der Waals surface area contributed by atoms with Gasteiger partial charge in [0.15, 0.2) is 5.96 Å². The van der Waals surface area contributed by atoms with E-state index >= 15 is 0 Å². The fourth-order valence-electron chi connectivity index (χ4n) is 1.70. The molecule has 2 aromatic rings. The summed E-state index contributed by atoms with van der Waals surface area (Å²) in [5.74, 6) is 0.746. The van der Waals surface area contributed by atoms with Crippen LogP contribution in [-0.4, -0.2) is 24.1 Å². The predicted molar refractivity (Wildman–Crippen MR) is 101 cm³/mol. The minimum absolute atomic E-state index is 0. The van der Waals surface area contributed by atoms with Crippen LogP contribution in [-0.2, 0) is 0 Å². The van der Waals surface area contributed by atoms with Crippen LogP contribution in [0.25, 0.3) is 0 Å². The van der Waals surface area contributed by atoms with Gasteiger partial charge in [0, 0.05) is 11.9 Å². The van der Waals surface area contributed by atoms with Crippen molar-refractivity contribution in [1.29, 1.82) is 0 Å². The second-order valence-corrected chi connectivity index (χ2v) is 4.81. The maximum Gasteiger partial charge on any atom is 0.232 e. The lowest BCUT2D eigenvalue weighted by Gasteiger charge is -2.07. The third-order valence-electron chi connectivity index (χ3n) is 2.63. The Bertz CT molecular complexity index is 636. The SMILES string of the molecule is Cc1cccc(NC(N)=NCCOc2ncccc2Cl)c1.I. The standard InChI is InChI=1S/C15H17ClN4O.HI/c1-11-4-2-5-12(10-11)20-15(17)19-8-9-21-14-13(16)6-3-7-18-14;/h2-7,10H,8-9H2,1H3,(H3,17,19,20);1H. The number of benzene rings is 1. The van der Waals surface area contributed by atoms with Gasteiger partial charge in [-0.2, -0.15) is 0 Å². The minimum atomic E-state index is 0. The monoisotopic (exact) mass is 432 g/mol. The van der Waals surface area contributed by atoms with Gasteiger partial charge in [0.25, 0.3) is 0 Å². The van der Waals surface area contributed by atoms with Crippen LogP contribution in [0.15, 0.2) is 47.6 Å². The van der Waals surface area contributed by atoms with Crippen LogP contribution in [0.2, 0.25) is 5.02 Å². The highest BCUT2D eigenvalue weighted by Crippen LogP contribution is 2.19. The van der Waals surface area contributed by atoms with Crippen molar-refractivity contribution < 1.29 is 4.74 Å². The molecular formula is C15H18ClIN4O. The third-order valence-corrected chi connectivity index (χ3v) is 2.92. The molecule has 1 aromatic heterocycles. The van der Waals surface area contributed by atoms with Crippen LogP contribution in [0.1, 0.15) is 5.56 Å². The second-order valence-electron chi connectivity index (χ2n) is 4.40. The minimum Gasteiger partial charge on any atom is -0.475 e. The Kier molecular flexibility index (Phi) is 7.97. The first-order chi connectivity index (χ1) is 10.1. The lowest BCUT2D eigenvalue weighted by molar-refractivity contribution is 0.316. The van der Waals surface area contributed by atoms with Crippen molar-refractivity contribution in [1.82, 2.24) is 4.98 Å². The number of guanidine groups is 1. The maximum absolute atomic E-state index is 5.93. The predicted octanol–water partition coefficient (Wildman–Crippen LogP) is 3.47. The lowest BCUT2D eigenvalue weighted by atomic mass is 10.2. The molecule has 0 spiro atoms. The molecule has 0 aliphatic carbocycles. The zero-order valence-electron chi connectivity index (χ0n) is 12.1. The van der Waals surface area contributed by atoms with E-state index in [4.69, 9.17) is 22.1 Å². The highest BCUT2D eigenvalue weighted by molar-refractivity contribution is 14.0. The smallest absolute Gasteiger partial charge is 0.232 e. The molecule has 118 valence electrons. The van der Waals surface area contributed by atoms with Gasteiger partial charge < -0.3 is 15.8 Å². The van der Waals surface area contributed by atoms with Gasteiger partial charge in [-0.15, -0.1) is 24.0 Å². The zero-order chi connectivity index (χ0) is 15.1. The number of hydrogen-bond acceptors (Lipinski definition) is 3. The number of ether oxygens (including phenoxy) is 1. The molecule has 5 nitrogen and oxygen atoms in total. The van der Waals surface area contributed by atoms with Crippen molar-refractivity contribution in [3.05, 3.63) is 53.2 Å². The van der Waals surface area contributed by atoms with Gasteiger partial charge in [0.1, 0.15) is 11.6 Å². The maximum atomic E-state index is 5.93. The largest absolute Gasteiger partial charge is 0.475 e. The van der Waals surface area contributed by atoms with Crippen molar-refractivity contribution in [3.63, 3.8) is 0 Å². The number of anilines is 1. The fourth-order valence-corrected chi connectivity index (χ4v) is 1.87. The molecule has 0 saturated heterocycles. The summed E-state index contributed by atoms with van der Waals surface area (Å²) in [5, 5.41) is 3.50. The van der Waals surface area contributed by atoms with E-state index in [1.807, 2.05) is 31.2 Å². The van der Waals surface area contributed by atoms with Crippen LogP contribution >= 0.6 is 35.6 Å². The molecule has 22 heavy (non-hydrogen) atoms. The number of aryl methyl sites for hydroxylation is 1. The molecule has 0 aliphatic rings. The van der Waals surface area contributed by atoms with Gasteiger partial charge in [-0.25, -0.2) is 9.98 Å². The van der Waals surface area contributed by atoms with Crippen molar-refractivity contribution >= 4 is 47.2 Å². The first-order valence-electron chi connectivity index (χ1n) is 6.52. The number of pyridine rings is 1. The molecule has 3 N–H and O–H groups in total. The lowest BCUT2D eigenvalue weighted by Crippen LogP contribution is -2.23. The number of halogens is 2. The van der Waals surface area contributed by atoms with Crippen LogP contribution in [0.3, 0.4) is 0 Å². The van der Waals surface area contributed by atoms with Crippen LogP contribution in [0, 0.1) is 6.92 Å². The van der Waals surface area contributed by atoms with Crippen molar-refractivity contribution in [2.75, 3.05) is 18.5 Å². The summed E-state index contributed by atoms with van der Waals surface area (Å²) in [5.41, 5.74) is 7.87. The van der Waals surface area contributed by atoms with Gasteiger partial charge >= 0.3 is 0 Å². The highest BCUT2D eigenvalue weighted by atomic mass is 127. The van der Waals surface area contributed by atoms with E-state index in [0.29, 0.717) is 30.0 Å². The van der Waals surface area contributed by atoms with Crippen LogP contribution in [0.4, 0.5) is 5.69 Å². The average Bonchev–Trinajstić information content (AvgIpc) is 2.45. The summed E-state index contributed by atoms with van der Waals surface area (Å²) in [6.07, 6.45) is 1.62.